The van der Waals surface area contributed by atoms with Crippen LogP contribution in [0.4, 0.5) is 0 Å². The van der Waals surface area contributed by atoms with E-state index in [-0.39, 0.29) is 18.4 Å². The monoisotopic (exact) mass is 272 g/mol. The molecule has 0 bridgehead atoms. The van der Waals surface area contributed by atoms with Crippen LogP contribution in [-0.2, 0) is 14.3 Å². The first kappa shape index (κ1) is 17.9. The van der Waals surface area contributed by atoms with E-state index in [9.17, 15) is 14.7 Å². The van der Waals surface area contributed by atoms with Crippen molar-refractivity contribution in [2.45, 2.75) is 60.3 Å². The van der Waals surface area contributed by atoms with Crippen LogP contribution in [0.2, 0.25) is 0 Å². The fourth-order valence-electron chi connectivity index (χ4n) is 2.55. The third kappa shape index (κ3) is 4.84. The van der Waals surface area contributed by atoms with Crippen LogP contribution in [-0.4, -0.2) is 23.7 Å². The standard InChI is InChI=1S/C15H28O4/c1-6-12(7-2)10-15(13(16)17,9-11(4)5)14(18)19-8-3/h11-12H,6-10H2,1-5H3,(H,16,17). The molecule has 1 unspecified atom stereocenters. The molecule has 0 amide bonds. The summed E-state index contributed by atoms with van der Waals surface area (Å²) in [7, 11) is 0. The minimum atomic E-state index is -1.39. The quantitative estimate of drug-likeness (QED) is 0.515. The molecule has 0 aromatic heterocycles. The molecule has 0 saturated heterocycles. The molecule has 4 nitrogen and oxygen atoms in total. The SMILES string of the molecule is CCOC(=O)C(CC(C)C)(CC(CC)CC)C(=O)O. The zero-order valence-electron chi connectivity index (χ0n) is 12.9. The van der Waals surface area contributed by atoms with E-state index in [1.165, 1.54) is 0 Å². The average molecular weight is 272 g/mol. The molecule has 0 radical (unpaired) electrons. The van der Waals surface area contributed by atoms with E-state index in [4.69, 9.17) is 4.74 Å². The van der Waals surface area contributed by atoms with Gasteiger partial charge in [0, 0.05) is 0 Å². The Labute approximate surface area is 116 Å². The second kappa shape index (κ2) is 8.18. The topological polar surface area (TPSA) is 63.6 Å². The van der Waals surface area contributed by atoms with Crippen molar-refractivity contribution in [1.82, 2.24) is 0 Å². The van der Waals surface area contributed by atoms with Crippen molar-refractivity contribution in [1.29, 1.82) is 0 Å². The van der Waals surface area contributed by atoms with E-state index in [2.05, 4.69) is 0 Å². The van der Waals surface area contributed by atoms with Gasteiger partial charge in [0.2, 0.25) is 0 Å². The predicted octanol–water partition coefficient (Wildman–Crippen LogP) is 3.49. The minimum Gasteiger partial charge on any atom is -0.480 e. The van der Waals surface area contributed by atoms with Gasteiger partial charge in [0.05, 0.1) is 6.61 Å². The van der Waals surface area contributed by atoms with Crippen molar-refractivity contribution < 1.29 is 19.4 Å². The summed E-state index contributed by atoms with van der Waals surface area (Å²) in [4.78, 5) is 23.9. The summed E-state index contributed by atoms with van der Waals surface area (Å²) < 4.78 is 5.04. The first-order chi connectivity index (χ1) is 8.83. The Morgan fingerprint density at radius 1 is 1.11 bits per heavy atom. The highest BCUT2D eigenvalue weighted by molar-refractivity contribution is 5.99. The lowest BCUT2D eigenvalue weighted by atomic mass is 9.72. The van der Waals surface area contributed by atoms with Crippen molar-refractivity contribution >= 4 is 11.9 Å². The summed E-state index contributed by atoms with van der Waals surface area (Å²) in [6.45, 7) is 9.85. The number of ether oxygens (including phenoxy) is 1. The Balaban J connectivity index is 5.36. The number of aliphatic carboxylic acids is 1. The van der Waals surface area contributed by atoms with Crippen molar-refractivity contribution in [3.05, 3.63) is 0 Å². The third-order valence-corrected chi connectivity index (χ3v) is 3.62. The number of esters is 1. The fourth-order valence-corrected chi connectivity index (χ4v) is 2.55. The van der Waals surface area contributed by atoms with Gasteiger partial charge in [-0.05, 0) is 31.6 Å². The van der Waals surface area contributed by atoms with Gasteiger partial charge in [0.25, 0.3) is 0 Å². The van der Waals surface area contributed by atoms with Crippen molar-refractivity contribution in [2.75, 3.05) is 6.61 Å². The first-order valence-electron chi connectivity index (χ1n) is 7.24. The molecule has 0 spiro atoms. The lowest BCUT2D eigenvalue weighted by Gasteiger charge is -2.31. The molecule has 0 fully saturated rings. The van der Waals surface area contributed by atoms with Crippen molar-refractivity contribution in [2.24, 2.45) is 17.3 Å². The second-order valence-electron chi connectivity index (χ2n) is 5.59. The van der Waals surface area contributed by atoms with Gasteiger partial charge in [0.1, 0.15) is 0 Å². The Morgan fingerprint density at radius 3 is 1.95 bits per heavy atom. The van der Waals surface area contributed by atoms with Crippen molar-refractivity contribution in [3.63, 3.8) is 0 Å². The number of hydrogen-bond donors (Lipinski definition) is 1. The molecule has 1 atom stereocenters. The molecule has 4 heteroatoms. The summed E-state index contributed by atoms with van der Waals surface area (Å²) >= 11 is 0. The Hall–Kier alpha value is -1.06. The number of rotatable bonds is 9. The highest BCUT2D eigenvalue weighted by atomic mass is 16.5. The van der Waals surface area contributed by atoms with Gasteiger partial charge >= 0.3 is 11.9 Å². The van der Waals surface area contributed by atoms with E-state index < -0.39 is 17.4 Å². The van der Waals surface area contributed by atoms with Crippen LogP contribution in [0, 0.1) is 17.3 Å². The molecule has 0 aromatic carbocycles. The zero-order chi connectivity index (χ0) is 15.1. The van der Waals surface area contributed by atoms with E-state index in [1.807, 2.05) is 27.7 Å². The Morgan fingerprint density at radius 2 is 1.63 bits per heavy atom. The Kier molecular flexibility index (Phi) is 7.72. The van der Waals surface area contributed by atoms with E-state index in [1.54, 1.807) is 6.92 Å². The first-order valence-corrected chi connectivity index (χ1v) is 7.24. The maximum atomic E-state index is 12.2. The van der Waals surface area contributed by atoms with Crippen LogP contribution in [0.3, 0.4) is 0 Å². The van der Waals surface area contributed by atoms with Crippen LogP contribution < -0.4 is 0 Å². The highest BCUT2D eigenvalue weighted by Crippen LogP contribution is 2.37. The summed E-state index contributed by atoms with van der Waals surface area (Å²) in [6.07, 6.45) is 2.45. The Bertz CT molecular complexity index is 295. The number of carboxylic acids is 1. The zero-order valence-corrected chi connectivity index (χ0v) is 12.9. The summed E-state index contributed by atoms with van der Waals surface area (Å²) in [5.74, 6) is -1.26. The number of carboxylic acid groups (broad SMARTS) is 1. The van der Waals surface area contributed by atoms with Crippen molar-refractivity contribution in [3.8, 4) is 0 Å². The van der Waals surface area contributed by atoms with Crippen LogP contribution in [0.5, 0.6) is 0 Å². The van der Waals surface area contributed by atoms with E-state index in [0.29, 0.717) is 12.8 Å². The molecule has 0 aliphatic heterocycles. The minimum absolute atomic E-state index is 0.134. The molecule has 0 aromatic rings. The summed E-state index contributed by atoms with van der Waals surface area (Å²) in [5, 5.41) is 9.61. The fraction of sp³-hybridized carbons (Fsp3) is 0.867. The molecule has 0 saturated carbocycles. The smallest absolute Gasteiger partial charge is 0.323 e. The maximum Gasteiger partial charge on any atom is 0.323 e. The van der Waals surface area contributed by atoms with Gasteiger partial charge in [-0.15, -0.1) is 0 Å². The van der Waals surface area contributed by atoms with Crippen LogP contribution >= 0.6 is 0 Å². The van der Waals surface area contributed by atoms with Gasteiger partial charge in [-0.25, -0.2) is 0 Å². The normalized spacial score (nSPS) is 14.5. The number of carbonyl (C=O) groups excluding carboxylic acids is 1. The lowest BCUT2D eigenvalue weighted by Crippen LogP contribution is -2.43. The van der Waals surface area contributed by atoms with Gasteiger partial charge in [-0.1, -0.05) is 40.5 Å². The third-order valence-electron chi connectivity index (χ3n) is 3.62. The largest absolute Gasteiger partial charge is 0.480 e. The van der Waals surface area contributed by atoms with Gasteiger partial charge in [-0.2, -0.15) is 0 Å². The summed E-state index contributed by atoms with van der Waals surface area (Å²) in [6, 6.07) is 0. The second-order valence-corrected chi connectivity index (χ2v) is 5.59. The molecule has 0 heterocycles. The maximum absolute atomic E-state index is 12.2. The average Bonchev–Trinajstić information content (AvgIpc) is 2.33. The molecular weight excluding hydrogens is 244 g/mol. The highest BCUT2D eigenvalue weighted by Gasteiger charge is 2.48. The lowest BCUT2D eigenvalue weighted by molar-refractivity contribution is -0.171. The molecular formula is C15H28O4. The van der Waals surface area contributed by atoms with Gasteiger partial charge < -0.3 is 9.84 Å². The van der Waals surface area contributed by atoms with E-state index >= 15 is 0 Å². The van der Waals surface area contributed by atoms with Crippen LogP contribution in [0.15, 0.2) is 0 Å². The van der Waals surface area contributed by atoms with Gasteiger partial charge in [0.15, 0.2) is 5.41 Å². The van der Waals surface area contributed by atoms with E-state index in [0.717, 1.165) is 12.8 Å². The molecule has 1 N–H and O–H groups in total. The van der Waals surface area contributed by atoms with Gasteiger partial charge in [-0.3, -0.25) is 9.59 Å². The van der Waals surface area contributed by atoms with Crippen LogP contribution in [0.25, 0.3) is 0 Å². The number of carbonyl (C=O) groups is 2. The summed E-state index contributed by atoms with van der Waals surface area (Å²) in [5.41, 5.74) is -1.39. The molecule has 19 heavy (non-hydrogen) atoms. The molecule has 0 aliphatic rings. The molecule has 0 aliphatic carbocycles. The molecule has 112 valence electrons. The molecule has 0 rings (SSSR count). The van der Waals surface area contributed by atoms with Crippen LogP contribution in [0.1, 0.15) is 60.3 Å². The predicted molar refractivity (Wildman–Crippen MR) is 74.8 cm³/mol. The number of hydrogen-bond acceptors (Lipinski definition) is 3.